The second-order valence-electron chi connectivity index (χ2n) is 5.74. The third-order valence-electron chi connectivity index (χ3n) is 3.78. The minimum Gasteiger partial charge on any atom is -0.324 e. The summed E-state index contributed by atoms with van der Waals surface area (Å²) in [6, 6.07) is 12.5. The van der Waals surface area contributed by atoms with Crippen molar-refractivity contribution in [1.82, 2.24) is 9.97 Å². The van der Waals surface area contributed by atoms with Crippen LogP contribution in [0.5, 0.6) is 0 Å². The molecular formula is C19H16Cl2N4O. The van der Waals surface area contributed by atoms with Gasteiger partial charge >= 0.3 is 0 Å². The molecule has 0 aliphatic heterocycles. The first-order chi connectivity index (χ1) is 12.4. The van der Waals surface area contributed by atoms with Crippen LogP contribution in [0.4, 0.5) is 17.3 Å². The van der Waals surface area contributed by atoms with E-state index in [1.54, 1.807) is 24.3 Å². The number of hydrogen-bond donors (Lipinski definition) is 2. The normalized spacial score (nSPS) is 10.5. The Kier molecular flexibility index (Phi) is 5.40. The summed E-state index contributed by atoms with van der Waals surface area (Å²) >= 11 is 11.9. The summed E-state index contributed by atoms with van der Waals surface area (Å²) in [5, 5.41) is 6.79. The number of benzene rings is 2. The average Bonchev–Trinajstić information content (AvgIpc) is 2.61. The van der Waals surface area contributed by atoms with Crippen molar-refractivity contribution in [3.8, 4) is 0 Å². The first kappa shape index (κ1) is 18.2. The molecule has 0 aliphatic rings. The second kappa shape index (κ2) is 7.72. The zero-order valence-electron chi connectivity index (χ0n) is 14.2. The van der Waals surface area contributed by atoms with Crippen molar-refractivity contribution >= 4 is 46.4 Å². The molecule has 7 heteroatoms. The summed E-state index contributed by atoms with van der Waals surface area (Å²) in [6.45, 7) is 3.89. The third kappa shape index (κ3) is 4.12. The van der Waals surface area contributed by atoms with E-state index in [1.165, 1.54) is 6.20 Å². The lowest BCUT2D eigenvalue weighted by Crippen LogP contribution is -2.16. The molecule has 1 amide bonds. The maximum atomic E-state index is 12.6. The molecule has 0 spiro atoms. The molecule has 0 fully saturated rings. The lowest BCUT2D eigenvalue weighted by molar-refractivity contribution is 0.102. The van der Waals surface area contributed by atoms with Gasteiger partial charge in [0, 0.05) is 17.6 Å². The zero-order chi connectivity index (χ0) is 18.7. The van der Waals surface area contributed by atoms with Gasteiger partial charge in [-0.05, 0) is 49.2 Å². The second-order valence-corrected chi connectivity index (χ2v) is 6.55. The Morgan fingerprint density at radius 1 is 1.00 bits per heavy atom. The quantitative estimate of drug-likeness (QED) is 0.629. The van der Waals surface area contributed by atoms with Crippen LogP contribution in [0.3, 0.4) is 0 Å². The molecule has 2 aromatic carbocycles. The summed E-state index contributed by atoms with van der Waals surface area (Å²) < 4.78 is 0. The molecule has 0 aliphatic carbocycles. The maximum Gasteiger partial charge on any atom is 0.274 e. The molecule has 0 bridgehead atoms. The van der Waals surface area contributed by atoms with Crippen LogP contribution in [0.2, 0.25) is 10.0 Å². The van der Waals surface area contributed by atoms with E-state index >= 15 is 0 Å². The van der Waals surface area contributed by atoms with Gasteiger partial charge in [0.25, 0.3) is 5.91 Å². The lowest BCUT2D eigenvalue weighted by Gasteiger charge is -2.11. The molecule has 3 aromatic rings. The van der Waals surface area contributed by atoms with Gasteiger partial charge in [-0.25, -0.2) is 9.97 Å². The predicted octanol–water partition coefficient (Wildman–Crippen LogP) is 5.40. The topological polar surface area (TPSA) is 66.9 Å². The molecule has 132 valence electrons. The molecule has 5 nitrogen and oxygen atoms in total. The number of rotatable bonds is 4. The number of nitrogens with one attached hydrogen (secondary N) is 2. The van der Waals surface area contributed by atoms with Crippen molar-refractivity contribution in [1.29, 1.82) is 0 Å². The number of carbonyl (C=O) groups excluding carboxylic acids is 1. The number of amides is 1. The molecule has 0 radical (unpaired) electrons. The van der Waals surface area contributed by atoms with E-state index in [0.717, 1.165) is 16.8 Å². The minimum atomic E-state index is -0.304. The average molecular weight is 387 g/mol. The standard InChI is InChI=1S/C19H16Cl2N4O/c1-11-4-3-5-12(2)17(11)25-18(26)16-8-9-22-19(24-16)23-13-6-7-14(20)15(21)10-13/h3-10H,1-2H3,(H,25,26)(H,22,23,24). The minimum absolute atomic E-state index is 0.255. The van der Waals surface area contributed by atoms with E-state index in [2.05, 4.69) is 20.6 Å². The fourth-order valence-corrected chi connectivity index (χ4v) is 2.74. The molecule has 2 N–H and O–H groups in total. The SMILES string of the molecule is Cc1cccc(C)c1NC(=O)c1ccnc(Nc2ccc(Cl)c(Cl)c2)n1. The number of carbonyl (C=O) groups is 1. The molecule has 3 rings (SSSR count). The Balaban J connectivity index is 1.80. The zero-order valence-corrected chi connectivity index (χ0v) is 15.7. The van der Waals surface area contributed by atoms with E-state index in [0.29, 0.717) is 15.7 Å². The molecule has 1 heterocycles. The first-order valence-corrected chi connectivity index (χ1v) is 8.62. The summed E-state index contributed by atoms with van der Waals surface area (Å²) in [7, 11) is 0. The summed E-state index contributed by atoms with van der Waals surface area (Å²) in [4.78, 5) is 21.0. The highest BCUT2D eigenvalue weighted by Crippen LogP contribution is 2.26. The van der Waals surface area contributed by atoms with Crippen LogP contribution < -0.4 is 10.6 Å². The van der Waals surface area contributed by atoms with Crippen molar-refractivity contribution in [2.75, 3.05) is 10.6 Å². The summed E-state index contributed by atoms with van der Waals surface area (Å²) in [5.74, 6) is -0.0143. The van der Waals surface area contributed by atoms with E-state index < -0.39 is 0 Å². The number of anilines is 3. The number of halogens is 2. The molecule has 0 saturated carbocycles. The number of para-hydroxylation sites is 1. The van der Waals surface area contributed by atoms with E-state index in [9.17, 15) is 4.79 Å². The highest BCUT2D eigenvalue weighted by atomic mass is 35.5. The van der Waals surface area contributed by atoms with Crippen LogP contribution in [0.1, 0.15) is 21.6 Å². The fourth-order valence-electron chi connectivity index (χ4n) is 2.44. The Morgan fingerprint density at radius 2 is 1.73 bits per heavy atom. The Bertz CT molecular complexity index is 955. The fraction of sp³-hybridized carbons (Fsp3) is 0.105. The summed E-state index contributed by atoms with van der Waals surface area (Å²) in [5.41, 5.74) is 3.69. The molecular weight excluding hydrogens is 371 g/mol. The van der Waals surface area contributed by atoms with Crippen LogP contribution in [-0.4, -0.2) is 15.9 Å². The van der Waals surface area contributed by atoms with E-state index in [-0.39, 0.29) is 17.5 Å². The number of aryl methyl sites for hydroxylation is 2. The van der Waals surface area contributed by atoms with Crippen molar-refractivity contribution in [3.05, 3.63) is 75.5 Å². The van der Waals surface area contributed by atoms with E-state index in [1.807, 2.05) is 32.0 Å². The monoisotopic (exact) mass is 386 g/mol. The van der Waals surface area contributed by atoms with Gasteiger partial charge in [0.15, 0.2) is 0 Å². The van der Waals surface area contributed by atoms with Gasteiger partial charge in [0.1, 0.15) is 5.69 Å². The Hall–Kier alpha value is -2.63. The molecule has 0 atom stereocenters. The Morgan fingerprint density at radius 3 is 2.42 bits per heavy atom. The highest BCUT2D eigenvalue weighted by Gasteiger charge is 2.12. The van der Waals surface area contributed by atoms with Gasteiger partial charge in [-0.15, -0.1) is 0 Å². The predicted molar refractivity (Wildman–Crippen MR) is 106 cm³/mol. The van der Waals surface area contributed by atoms with Crippen molar-refractivity contribution in [2.45, 2.75) is 13.8 Å². The van der Waals surface area contributed by atoms with Gasteiger partial charge in [0.2, 0.25) is 5.95 Å². The van der Waals surface area contributed by atoms with Crippen molar-refractivity contribution in [2.24, 2.45) is 0 Å². The number of nitrogens with zero attached hydrogens (tertiary/aromatic N) is 2. The summed E-state index contributed by atoms with van der Waals surface area (Å²) in [6.07, 6.45) is 1.52. The first-order valence-electron chi connectivity index (χ1n) is 7.87. The number of hydrogen-bond acceptors (Lipinski definition) is 4. The van der Waals surface area contributed by atoms with Crippen LogP contribution in [0, 0.1) is 13.8 Å². The lowest BCUT2D eigenvalue weighted by atomic mass is 10.1. The van der Waals surface area contributed by atoms with Gasteiger partial charge < -0.3 is 10.6 Å². The van der Waals surface area contributed by atoms with Crippen molar-refractivity contribution < 1.29 is 4.79 Å². The van der Waals surface area contributed by atoms with Crippen LogP contribution in [0.25, 0.3) is 0 Å². The largest absolute Gasteiger partial charge is 0.324 e. The molecule has 26 heavy (non-hydrogen) atoms. The van der Waals surface area contributed by atoms with Gasteiger partial charge in [-0.1, -0.05) is 41.4 Å². The number of aromatic nitrogens is 2. The van der Waals surface area contributed by atoms with Crippen LogP contribution in [0.15, 0.2) is 48.7 Å². The van der Waals surface area contributed by atoms with Gasteiger partial charge in [0.05, 0.1) is 10.0 Å². The van der Waals surface area contributed by atoms with Crippen LogP contribution >= 0.6 is 23.2 Å². The van der Waals surface area contributed by atoms with Crippen molar-refractivity contribution in [3.63, 3.8) is 0 Å². The van der Waals surface area contributed by atoms with Gasteiger partial charge in [-0.2, -0.15) is 0 Å². The van der Waals surface area contributed by atoms with Crippen LogP contribution in [-0.2, 0) is 0 Å². The third-order valence-corrected chi connectivity index (χ3v) is 4.52. The molecule has 1 aromatic heterocycles. The maximum absolute atomic E-state index is 12.6. The van der Waals surface area contributed by atoms with E-state index in [4.69, 9.17) is 23.2 Å². The highest BCUT2D eigenvalue weighted by molar-refractivity contribution is 6.42. The smallest absolute Gasteiger partial charge is 0.274 e. The molecule has 0 unspecified atom stereocenters. The molecule has 0 saturated heterocycles. The van der Waals surface area contributed by atoms with Gasteiger partial charge in [-0.3, -0.25) is 4.79 Å². The Labute approximate surface area is 161 Å².